The van der Waals surface area contributed by atoms with Gasteiger partial charge in [0.25, 0.3) is 0 Å². The molecule has 5 nitrogen and oxygen atoms in total. The van der Waals surface area contributed by atoms with E-state index in [0.29, 0.717) is 24.1 Å². The molecule has 0 radical (unpaired) electrons. The molecule has 0 aromatic rings. The van der Waals surface area contributed by atoms with Crippen LogP contribution >= 0.6 is 0 Å². The molecule has 3 fully saturated rings. The van der Waals surface area contributed by atoms with Gasteiger partial charge in [-0.15, -0.1) is 0 Å². The minimum absolute atomic E-state index is 0.148. The molecule has 3 aliphatic rings. The first-order valence-corrected chi connectivity index (χ1v) is 8.97. The van der Waals surface area contributed by atoms with Gasteiger partial charge in [0.05, 0.1) is 6.10 Å². The molecule has 126 valence electrons. The van der Waals surface area contributed by atoms with E-state index in [1.807, 2.05) is 4.90 Å². The number of ether oxygens (including phenoxy) is 1. The highest BCUT2D eigenvalue weighted by atomic mass is 16.5. The molecule has 3 atom stereocenters. The number of hydrogen-bond donors (Lipinski definition) is 1. The molecule has 0 aromatic heterocycles. The van der Waals surface area contributed by atoms with Crippen molar-refractivity contribution in [3.63, 3.8) is 0 Å². The summed E-state index contributed by atoms with van der Waals surface area (Å²) in [6.45, 7) is 2.71. The van der Waals surface area contributed by atoms with E-state index in [9.17, 15) is 4.79 Å². The normalized spacial score (nSPS) is 33.6. The Hall–Kier alpha value is -0.810. The summed E-state index contributed by atoms with van der Waals surface area (Å²) in [5.41, 5.74) is 0. The van der Waals surface area contributed by atoms with Gasteiger partial charge < -0.3 is 19.9 Å². The molecular weight excluding hydrogens is 278 g/mol. The lowest BCUT2D eigenvalue weighted by Crippen LogP contribution is -2.48. The summed E-state index contributed by atoms with van der Waals surface area (Å²) in [6.07, 6.45) is 8.48. The van der Waals surface area contributed by atoms with Crippen molar-refractivity contribution in [3.8, 4) is 0 Å². The van der Waals surface area contributed by atoms with Crippen molar-refractivity contribution in [3.05, 3.63) is 0 Å². The number of likely N-dealkylation sites (tertiary alicyclic amines) is 1. The van der Waals surface area contributed by atoms with E-state index in [-0.39, 0.29) is 6.03 Å². The number of carbonyl (C=O) groups is 1. The van der Waals surface area contributed by atoms with Crippen LogP contribution in [0.5, 0.6) is 0 Å². The number of hydrogen-bond acceptors (Lipinski definition) is 3. The lowest BCUT2D eigenvalue weighted by Gasteiger charge is -2.35. The number of amides is 2. The largest absolute Gasteiger partial charge is 0.378 e. The van der Waals surface area contributed by atoms with Crippen LogP contribution in [-0.4, -0.2) is 67.8 Å². The maximum absolute atomic E-state index is 12.4. The second-order valence-corrected chi connectivity index (χ2v) is 7.45. The van der Waals surface area contributed by atoms with Gasteiger partial charge in [0.2, 0.25) is 0 Å². The zero-order valence-electron chi connectivity index (χ0n) is 14.1. The number of piperidine rings is 1. The summed E-state index contributed by atoms with van der Waals surface area (Å²) in [5, 5.41) is 3.25. The van der Waals surface area contributed by atoms with Gasteiger partial charge in [-0.05, 0) is 65.0 Å². The van der Waals surface area contributed by atoms with Crippen molar-refractivity contribution in [1.82, 2.24) is 15.1 Å². The van der Waals surface area contributed by atoms with Crippen LogP contribution in [0, 0.1) is 5.92 Å². The quantitative estimate of drug-likeness (QED) is 0.868. The van der Waals surface area contributed by atoms with E-state index in [1.54, 1.807) is 0 Å². The first-order valence-electron chi connectivity index (χ1n) is 8.97. The first-order chi connectivity index (χ1) is 10.6. The van der Waals surface area contributed by atoms with Gasteiger partial charge in [-0.2, -0.15) is 0 Å². The summed E-state index contributed by atoms with van der Waals surface area (Å²) in [5.74, 6) is 0.663. The highest BCUT2D eigenvalue weighted by Crippen LogP contribution is 2.29. The molecule has 1 saturated carbocycles. The number of carbonyl (C=O) groups excluding carboxylic acids is 1. The van der Waals surface area contributed by atoms with E-state index < -0.39 is 0 Å². The molecule has 0 spiro atoms. The zero-order chi connectivity index (χ0) is 15.5. The zero-order valence-corrected chi connectivity index (χ0v) is 14.1. The Balaban J connectivity index is 1.40. The Morgan fingerprint density at radius 2 is 1.91 bits per heavy atom. The standard InChI is InChI=1S/C17H31N3O2/c1-19(2)15-6-5-14(12-15)18-17(21)20-9-7-13(8-10-20)16-4-3-11-22-16/h13-16H,3-12H2,1-2H3,(H,18,21)/t14-,15-,16-/m1/s1. The molecule has 5 heteroatoms. The van der Waals surface area contributed by atoms with Crippen LogP contribution in [-0.2, 0) is 4.74 Å². The second-order valence-electron chi connectivity index (χ2n) is 7.45. The molecule has 2 heterocycles. The van der Waals surface area contributed by atoms with Gasteiger partial charge >= 0.3 is 6.03 Å². The van der Waals surface area contributed by atoms with E-state index in [0.717, 1.165) is 45.4 Å². The first kappa shape index (κ1) is 16.1. The van der Waals surface area contributed by atoms with Crippen molar-refractivity contribution in [1.29, 1.82) is 0 Å². The van der Waals surface area contributed by atoms with Crippen molar-refractivity contribution in [2.24, 2.45) is 5.92 Å². The Morgan fingerprint density at radius 1 is 1.14 bits per heavy atom. The number of nitrogens with one attached hydrogen (secondary N) is 1. The lowest BCUT2D eigenvalue weighted by atomic mass is 9.90. The lowest BCUT2D eigenvalue weighted by molar-refractivity contribution is 0.0370. The maximum Gasteiger partial charge on any atom is 0.317 e. The van der Waals surface area contributed by atoms with Crippen LogP contribution in [0.25, 0.3) is 0 Å². The van der Waals surface area contributed by atoms with Crippen molar-refractivity contribution >= 4 is 6.03 Å². The summed E-state index contributed by atoms with van der Waals surface area (Å²) in [4.78, 5) is 16.7. The van der Waals surface area contributed by atoms with Crippen LogP contribution in [0.4, 0.5) is 4.79 Å². The number of urea groups is 1. The average Bonchev–Trinajstić information content (AvgIpc) is 3.19. The number of rotatable bonds is 3. The van der Waals surface area contributed by atoms with Gasteiger partial charge in [0, 0.05) is 31.8 Å². The van der Waals surface area contributed by atoms with Gasteiger partial charge in [0.1, 0.15) is 0 Å². The summed E-state index contributed by atoms with van der Waals surface area (Å²) in [7, 11) is 4.26. The fraction of sp³-hybridized carbons (Fsp3) is 0.941. The van der Waals surface area contributed by atoms with E-state index in [4.69, 9.17) is 4.74 Å². The average molecular weight is 309 g/mol. The smallest absolute Gasteiger partial charge is 0.317 e. The predicted octanol–water partition coefficient (Wildman–Crippen LogP) is 2.07. The van der Waals surface area contributed by atoms with Crippen LogP contribution < -0.4 is 5.32 Å². The van der Waals surface area contributed by atoms with Crippen LogP contribution in [0.1, 0.15) is 44.9 Å². The van der Waals surface area contributed by atoms with E-state index in [1.165, 1.54) is 19.3 Å². The highest BCUT2D eigenvalue weighted by molar-refractivity contribution is 5.74. The summed E-state index contributed by atoms with van der Waals surface area (Å²) >= 11 is 0. The van der Waals surface area contributed by atoms with Crippen LogP contribution in [0.3, 0.4) is 0 Å². The molecule has 1 aliphatic carbocycles. The van der Waals surface area contributed by atoms with Crippen molar-refractivity contribution in [2.45, 2.75) is 63.1 Å². The molecule has 3 rings (SSSR count). The fourth-order valence-electron chi connectivity index (χ4n) is 4.27. The molecule has 2 amide bonds. The maximum atomic E-state index is 12.4. The monoisotopic (exact) mass is 309 g/mol. The minimum atomic E-state index is 0.148. The third kappa shape index (κ3) is 3.74. The van der Waals surface area contributed by atoms with Crippen LogP contribution in [0.2, 0.25) is 0 Å². The van der Waals surface area contributed by atoms with Crippen molar-refractivity contribution in [2.75, 3.05) is 33.8 Å². The second kappa shape index (κ2) is 7.18. The third-order valence-electron chi connectivity index (χ3n) is 5.78. The molecule has 2 saturated heterocycles. The minimum Gasteiger partial charge on any atom is -0.378 e. The van der Waals surface area contributed by atoms with E-state index in [2.05, 4.69) is 24.3 Å². The van der Waals surface area contributed by atoms with E-state index >= 15 is 0 Å². The summed E-state index contributed by atoms with van der Waals surface area (Å²) < 4.78 is 5.81. The number of nitrogens with zero attached hydrogens (tertiary/aromatic N) is 2. The Kier molecular flexibility index (Phi) is 5.24. The molecule has 0 bridgehead atoms. The molecule has 0 unspecified atom stereocenters. The molecule has 2 aliphatic heterocycles. The highest BCUT2D eigenvalue weighted by Gasteiger charge is 2.32. The topological polar surface area (TPSA) is 44.8 Å². The van der Waals surface area contributed by atoms with Gasteiger partial charge in [-0.1, -0.05) is 0 Å². The predicted molar refractivity (Wildman–Crippen MR) is 86.9 cm³/mol. The third-order valence-corrected chi connectivity index (χ3v) is 5.78. The van der Waals surface area contributed by atoms with Gasteiger partial charge in [-0.25, -0.2) is 4.79 Å². The Labute approximate surface area is 134 Å². The SMILES string of the molecule is CN(C)[C@@H]1CC[C@@H](NC(=O)N2CCC([C@H]3CCCO3)CC2)C1. The Morgan fingerprint density at radius 3 is 2.50 bits per heavy atom. The van der Waals surface area contributed by atoms with Gasteiger partial charge in [0.15, 0.2) is 0 Å². The summed E-state index contributed by atoms with van der Waals surface area (Å²) in [6, 6.07) is 1.13. The fourth-order valence-corrected chi connectivity index (χ4v) is 4.27. The molecule has 1 N–H and O–H groups in total. The van der Waals surface area contributed by atoms with Gasteiger partial charge in [-0.3, -0.25) is 0 Å². The molecular formula is C17H31N3O2. The molecule has 0 aromatic carbocycles. The Bertz CT molecular complexity index is 374. The van der Waals surface area contributed by atoms with Crippen molar-refractivity contribution < 1.29 is 9.53 Å². The van der Waals surface area contributed by atoms with Crippen LogP contribution in [0.15, 0.2) is 0 Å². The molecule has 22 heavy (non-hydrogen) atoms.